The summed E-state index contributed by atoms with van der Waals surface area (Å²) in [6.07, 6.45) is 1.93. The number of benzene rings is 2. The van der Waals surface area contributed by atoms with E-state index in [9.17, 15) is 4.79 Å². The first-order chi connectivity index (χ1) is 14.2. The standard InChI is InChI=1S/C22H22N4O2S/c1-3-4-12-26-21(27)17-10-5-6-11-18(17)23-22(26)29-14-19-24-20(25-28-19)16-9-7-8-15(2)13-16/h5-11,13H,3-4,12,14H2,1-2H3. The van der Waals surface area contributed by atoms with Gasteiger partial charge in [-0.1, -0.05) is 66.2 Å². The molecule has 0 N–H and O–H groups in total. The van der Waals surface area contributed by atoms with Crippen molar-refractivity contribution in [2.75, 3.05) is 0 Å². The minimum atomic E-state index is -0.00229. The van der Waals surface area contributed by atoms with Gasteiger partial charge in [0.25, 0.3) is 5.56 Å². The number of para-hydroxylation sites is 1. The van der Waals surface area contributed by atoms with Gasteiger partial charge >= 0.3 is 0 Å². The van der Waals surface area contributed by atoms with E-state index in [2.05, 4.69) is 17.1 Å². The van der Waals surface area contributed by atoms with Crippen LogP contribution in [0.4, 0.5) is 0 Å². The van der Waals surface area contributed by atoms with Gasteiger partial charge in [-0.3, -0.25) is 9.36 Å². The molecule has 0 saturated heterocycles. The Kier molecular flexibility index (Phi) is 5.76. The Labute approximate surface area is 173 Å². The van der Waals surface area contributed by atoms with Gasteiger partial charge in [-0.2, -0.15) is 4.98 Å². The van der Waals surface area contributed by atoms with Gasteiger partial charge in [-0.25, -0.2) is 4.98 Å². The van der Waals surface area contributed by atoms with Crippen molar-refractivity contribution < 1.29 is 4.52 Å². The molecular weight excluding hydrogens is 384 g/mol. The molecule has 0 aliphatic carbocycles. The number of nitrogens with zero attached hydrogens (tertiary/aromatic N) is 4. The normalized spacial score (nSPS) is 11.2. The van der Waals surface area contributed by atoms with Crippen LogP contribution in [0.3, 0.4) is 0 Å². The smallest absolute Gasteiger partial charge is 0.262 e. The second-order valence-electron chi connectivity index (χ2n) is 6.89. The van der Waals surface area contributed by atoms with Crippen molar-refractivity contribution in [3.63, 3.8) is 0 Å². The van der Waals surface area contributed by atoms with Gasteiger partial charge in [0.1, 0.15) is 0 Å². The third-order valence-electron chi connectivity index (χ3n) is 4.63. The van der Waals surface area contributed by atoms with E-state index in [1.54, 1.807) is 4.57 Å². The molecule has 4 rings (SSSR count). The molecule has 0 amide bonds. The minimum absolute atomic E-state index is 0.00229. The Morgan fingerprint density at radius 2 is 1.97 bits per heavy atom. The first-order valence-corrected chi connectivity index (χ1v) is 10.7. The van der Waals surface area contributed by atoms with E-state index >= 15 is 0 Å². The van der Waals surface area contributed by atoms with E-state index < -0.39 is 0 Å². The van der Waals surface area contributed by atoms with Crippen LogP contribution in [-0.2, 0) is 12.3 Å². The molecule has 2 aromatic carbocycles. The second-order valence-corrected chi connectivity index (χ2v) is 7.83. The summed E-state index contributed by atoms with van der Waals surface area (Å²) in [7, 11) is 0. The van der Waals surface area contributed by atoms with E-state index in [1.807, 2.05) is 55.5 Å². The van der Waals surface area contributed by atoms with Crippen LogP contribution < -0.4 is 5.56 Å². The van der Waals surface area contributed by atoms with Gasteiger partial charge < -0.3 is 4.52 Å². The Morgan fingerprint density at radius 3 is 2.79 bits per heavy atom. The first-order valence-electron chi connectivity index (χ1n) is 9.67. The molecule has 0 saturated carbocycles. The Balaban J connectivity index is 1.60. The van der Waals surface area contributed by atoms with E-state index in [4.69, 9.17) is 9.51 Å². The van der Waals surface area contributed by atoms with Crippen LogP contribution in [0.15, 0.2) is 63.0 Å². The zero-order valence-corrected chi connectivity index (χ0v) is 17.3. The zero-order chi connectivity index (χ0) is 20.2. The molecule has 6 nitrogen and oxygen atoms in total. The quantitative estimate of drug-likeness (QED) is 0.323. The lowest BCUT2D eigenvalue weighted by Gasteiger charge is -2.12. The van der Waals surface area contributed by atoms with Crippen molar-refractivity contribution in [3.8, 4) is 11.4 Å². The Hall–Kier alpha value is -2.93. The van der Waals surface area contributed by atoms with Crippen molar-refractivity contribution in [2.24, 2.45) is 0 Å². The highest BCUT2D eigenvalue weighted by atomic mass is 32.2. The fraction of sp³-hybridized carbons (Fsp3) is 0.273. The summed E-state index contributed by atoms with van der Waals surface area (Å²) in [5, 5.41) is 5.41. The third kappa shape index (κ3) is 4.24. The number of hydrogen-bond donors (Lipinski definition) is 0. The lowest BCUT2D eigenvalue weighted by molar-refractivity contribution is 0.391. The molecule has 2 heterocycles. The van der Waals surface area contributed by atoms with Gasteiger partial charge in [0.05, 0.1) is 16.7 Å². The van der Waals surface area contributed by atoms with Crippen molar-refractivity contribution in [1.82, 2.24) is 19.7 Å². The predicted molar refractivity (Wildman–Crippen MR) is 115 cm³/mol. The van der Waals surface area contributed by atoms with Gasteiger partial charge in [0.2, 0.25) is 11.7 Å². The molecule has 0 spiro atoms. The molecule has 2 aromatic heterocycles. The van der Waals surface area contributed by atoms with Crippen LogP contribution in [0.25, 0.3) is 22.3 Å². The van der Waals surface area contributed by atoms with Gasteiger partial charge in [0, 0.05) is 12.1 Å². The number of unbranched alkanes of at least 4 members (excludes halogenated alkanes) is 1. The van der Waals surface area contributed by atoms with Crippen LogP contribution in [0.1, 0.15) is 31.2 Å². The lowest BCUT2D eigenvalue weighted by atomic mass is 10.1. The fourth-order valence-electron chi connectivity index (χ4n) is 3.11. The molecule has 29 heavy (non-hydrogen) atoms. The molecule has 0 atom stereocenters. The molecule has 148 valence electrons. The summed E-state index contributed by atoms with van der Waals surface area (Å²) >= 11 is 1.45. The van der Waals surface area contributed by atoms with Gasteiger partial charge in [-0.05, 0) is 31.5 Å². The number of aryl methyl sites for hydroxylation is 1. The number of fused-ring (bicyclic) bond motifs is 1. The monoisotopic (exact) mass is 406 g/mol. The van der Waals surface area contributed by atoms with Crippen LogP contribution in [-0.4, -0.2) is 19.7 Å². The summed E-state index contributed by atoms with van der Waals surface area (Å²) in [4.78, 5) is 22.2. The third-order valence-corrected chi connectivity index (χ3v) is 5.59. The van der Waals surface area contributed by atoms with Crippen molar-refractivity contribution in [1.29, 1.82) is 0 Å². The second kappa shape index (κ2) is 8.61. The van der Waals surface area contributed by atoms with Crippen LogP contribution in [0.2, 0.25) is 0 Å². The molecule has 0 radical (unpaired) electrons. The summed E-state index contributed by atoms with van der Waals surface area (Å²) in [5.74, 6) is 1.53. The summed E-state index contributed by atoms with van der Waals surface area (Å²) in [5.41, 5.74) is 2.77. The summed E-state index contributed by atoms with van der Waals surface area (Å²) in [6, 6.07) is 15.4. The molecule has 0 bridgehead atoms. The first kappa shape index (κ1) is 19.4. The van der Waals surface area contributed by atoms with Crippen molar-refractivity contribution in [3.05, 3.63) is 70.3 Å². The molecule has 7 heteroatoms. The van der Waals surface area contributed by atoms with Crippen molar-refractivity contribution in [2.45, 2.75) is 44.1 Å². The molecular formula is C22H22N4O2S. The van der Waals surface area contributed by atoms with Gasteiger partial charge in [-0.15, -0.1) is 0 Å². The highest BCUT2D eigenvalue weighted by molar-refractivity contribution is 7.98. The predicted octanol–water partition coefficient (Wildman–Crippen LogP) is 4.85. The molecule has 4 aromatic rings. The number of aromatic nitrogens is 4. The highest BCUT2D eigenvalue weighted by Crippen LogP contribution is 2.24. The molecule has 0 aliphatic heterocycles. The fourth-order valence-corrected chi connectivity index (χ4v) is 3.98. The molecule has 0 aliphatic rings. The topological polar surface area (TPSA) is 73.8 Å². The van der Waals surface area contributed by atoms with Crippen LogP contribution >= 0.6 is 11.8 Å². The van der Waals surface area contributed by atoms with Gasteiger partial charge in [0.15, 0.2) is 5.16 Å². The largest absolute Gasteiger partial charge is 0.338 e. The maximum Gasteiger partial charge on any atom is 0.262 e. The Morgan fingerprint density at radius 1 is 1.10 bits per heavy atom. The molecule has 0 unspecified atom stereocenters. The number of rotatable bonds is 7. The van der Waals surface area contributed by atoms with Crippen LogP contribution in [0.5, 0.6) is 0 Å². The van der Waals surface area contributed by atoms with E-state index in [-0.39, 0.29) is 5.56 Å². The van der Waals surface area contributed by atoms with Crippen molar-refractivity contribution >= 4 is 22.7 Å². The zero-order valence-electron chi connectivity index (χ0n) is 16.5. The Bertz CT molecular complexity index is 1200. The summed E-state index contributed by atoms with van der Waals surface area (Å²) < 4.78 is 7.18. The van der Waals surface area contributed by atoms with E-state index in [0.29, 0.717) is 40.1 Å². The lowest BCUT2D eigenvalue weighted by Crippen LogP contribution is -2.23. The maximum absolute atomic E-state index is 12.9. The minimum Gasteiger partial charge on any atom is -0.338 e. The van der Waals surface area contributed by atoms with Crippen LogP contribution in [0, 0.1) is 6.92 Å². The average molecular weight is 407 g/mol. The van der Waals surface area contributed by atoms with E-state index in [1.165, 1.54) is 11.8 Å². The molecule has 0 fully saturated rings. The maximum atomic E-state index is 12.9. The van der Waals surface area contributed by atoms with E-state index in [0.717, 1.165) is 24.0 Å². The summed E-state index contributed by atoms with van der Waals surface area (Å²) in [6.45, 7) is 4.78. The average Bonchev–Trinajstić information content (AvgIpc) is 3.21. The highest BCUT2D eigenvalue weighted by Gasteiger charge is 2.14. The SMILES string of the molecule is CCCCn1c(SCc2nc(-c3cccc(C)c3)no2)nc2ccccc2c1=O. The number of hydrogen-bond acceptors (Lipinski definition) is 6. The number of thioether (sulfide) groups is 1.